The number of phenols is 1. The van der Waals surface area contributed by atoms with E-state index < -0.39 is 5.41 Å². The molecule has 0 aliphatic heterocycles. The Morgan fingerprint density at radius 3 is 2.44 bits per heavy atom. The molecule has 6 nitrogen and oxygen atoms in total. The number of Topliss-reactive ketones (excluding diaryl/α,β-unsaturated/α-hetero) is 1. The fourth-order valence-corrected chi connectivity index (χ4v) is 2.43. The van der Waals surface area contributed by atoms with Gasteiger partial charge in [-0.25, -0.2) is 4.98 Å². The van der Waals surface area contributed by atoms with E-state index in [4.69, 9.17) is 0 Å². The number of amides is 1. The molecule has 0 fully saturated rings. The van der Waals surface area contributed by atoms with Gasteiger partial charge in [0.15, 0.2) is 5.78 Å². The Morgan fingerprint density at radius 2 is 1.80 bits per heavy atom. The third-order valence-corrected chi connectivity index (χ3v) is 3.80. The summed E-state index contributed by atoms with van der Waals surface area (Å²) in [6.45, 7) is 5.59. The first-order chi connectivity index (χ1) is 11.7. The standard InChI is InChI=1S/C19H19N3O3/c1-19(2,3)17(24)14-8-12-9-16(20-10-15(12)21-14)22-18(25)11-4-6-13(23)7-5-11/h4-10,21,23H,1-3H3,(H,20,22,25). The Kier molecular flexibility index (Phi) is 4.04. The second kappa shape index (κ2) is 6.05. The summed E-state index contributed by atoms with van der Waals surface area (Å²) in [6, 6.07) is 9.42. The Hall–Kier alpha value is -3.15. The normalized spacial score (nSPS) is 11.5. The van der Waals surface area contributed by atoms with Crippen molar-refractivity contribution in [3.05, 3.63) is 53.9 Å². The number of benzene rings is 1. The van der Waals surface area contributed by atoms with E-state index in [1.165, 1.54) is 24.3 Å². The average Bonchev–Trinajstić information content (AvgIpc) is 2.96. The number of rotatable bonds is 3. The Balaban J connectivity index is 1.85. The van der Waals surface area contributed by atoms with Crippen LogP contribution in [0.3, 0.4) is 0 Å². The SMILES string of the molecule is CC(C)(C)C(=O)c1cc2cc(NC(=O)c3ccc(O)cc3)ncc2[nH]1. The molecular weight excluding hydrogens is 318 g/mol. The molecule has 2 aromatic heterocycles. The van der Waals surface area contributed by atoms with E-state index in [9.17, 15) is 14.7 Å². The van der Waals surface area contributed by atoms with Crippen LogP contribution in [0.1, 0.15) is 41.6 Å². The smallest absolute Gasteiger partial charge is 0.256 e. The lowest BCUT2D eigenvalue weighted by molar-refractivity contribution is 0.0853. The van der Waals surface area contributed by atoms with Gasteiger partial charge in [0, 0.05) is 16.4 Å². The number of pyridine rings is 1. The summed E-state index contributed by atoms with van der Waals surface area (Å²) in [4.78, 5) is 31.8. The number of aromatic nitrogens is 2. The second-order valence-corrected chi connectivity index (χ2v) is 6.92. The molecule has 6 heteroatoms. The maximum Gasteiger partial charge on any atom is 0.256 e. The molecule has 0 unspecified atom stereocenters. The molecule has 0 radical (unpaired) electrons. The first kappa shape index (κ1) is 16.7. The fraction of sp³-hybridized carbons (Fsp3) is 0.211. The van der Waals surface area contributed by atoms with E-state index in [1.54, 1.807) is 18.3 Å². The van der Waals surface area contributed by atoms with Crippen LogP contribution in [0.4, 0.5) is 5.82 Å². The van der Waals surface area contributed by atoms with Gasteiger partial charge in [-0.1, -0.05) is 20.8 Å². The van der Waals surface area contributed by atoms with E-state index in [-0.39, 0.29) is 17.4 Å². The number of anilines is 1. The zero-order valence-corrected chi connectivity index (χ0v) is 14.3. The van der Waals surface area contributed by atoms with Gasteiger partial charge in [-0.3, -0.25) is 9.59 Å². The summed E-state index contributed by atoms with van der Waals surface area (Å²) in [5.41, 5.74) is 1.18. The van der Waals surface area contributed by atoms with Gasteiger partial charge in [-0.05, 0) is 36.4 Å². The van der Waals surface area contributed by atoms with Crippen molar-refractivity contribution >= 4 is 28.4 Å². The maximum absolute atomic E-state index is 12.4. The topological polar surface area (TPSA) is 95.1 Å². The van der Waals surface area contributed by atoms with Gasteiger partial charge < -0.3 is 15.4 Å². The number of aromatic hydroxyl groups is 1. The molecule has 3 aromatic rings. The molecule has 0 saturated heterocycles. The number of H-pyrrole nitrogens is 1. The van der Waals surface area contributed by atoms with Crippen LogP contribution in [-0.4, -0.2) is 26.8 Å². The fourth-order valence-electron chi connectivity index (χ4n) is 2.43. The van der Waals surface area contributed by atoms with Crippen LogP contribution < -0.4 is 5.32 Å². The number of fused-ring (bicyclic) bond motifs is 1. The lowest BCUT2D eigenvalue weighted by Crippen LogP contribution is -2.20. The third-order valence-electron chi connectivity index (χ3n) is 3.80. The summed E-state index contributed by atoms with van der Waals surface area (Å²) in [7, 11) is 0. The van der Waals surface area contributed by atoms with E-state index in [0.29, 0.717) is 17.1 Å². The summed E-state index contributed by atoms with van der Waals surface area (Å²) in [6.07, 6.45) is 1.58. The average molecular weight is 337 g/mol. The quantitative estimate of drug-likeness (QED) is 0.634. The van der Waals surface area contributed by atoms with Crippen LogP contribution in [0.2, 0.25) is 0 Å². The molecule has 2 heterocycles. The number of carbonyl (C=O) groups excluding carboxylic acids is 2. The number of nitrogens with one attached hydrogen (secondary N) is 2. The number of carbonyl (C=O) groups is 2. The van der Waals surface area contributed by atoms with Gasteiger partial charge >= 0.3 is 0 Å². The van der Waals surface area contributed by atoms with Crippen molar-refractivity contribution in [3.63, 3.8) is 0 Å². The molecule has 25 heavy (non-hydrogen) atoms. The number of aromatic amines is 1. The van der Waals surface area contributed by atoms with E-state index >= 15 is 0 Å². The van der Waals surface area contributed by atoms with Crippen molar-refractivity contribution in [2.75, 3.05) is 5.32 Å². The number of ketones is 1. The molecule has 0 aliphatic carbocycles. The largest absolute Gasteiger partial charge is 0.508 e. The van der Waals surface area contributed by atoms with Crippen LogP contribution in [0.25, 0.3) is 10.9 Å². The van der Waals surface area contributed by atoms with Gasteiger partial charge in [0.25, 0.3) is 5.91 Å². The van der Waals surface area contributed by atoms with Gasteiger partial charge in [0.2, 0.25) is 0 Å². The molecule has 0 aliphatic rings. The van der Waals surface area contributed by atoms with Crippen molar-refractivity contribution in [2.24, 2.45) is 5.41 Å². The third kappa shape index (κ3) is 3.52. The summed E-state index contributed by atoms with van der Waals surface area (Å²) < 4.78 is 0. The van der Waals surface area contributed by atoms with E-state index in [2.05, 4.69) is 15.3 Å². The Labute approximate surface area is 144 Å². The van der Waals surface area contributed by atoms with E-state index in [1.807, 2.05) is 20.8 Å². The summed E-state index contributed by atoms with van der Waals surface area (Å²) in [5.74, 6) is 0.172. The summed E-state index contributed by atoms with van der Waals surface area (Å²) in [5, 5.41) is 12.8. The Morgan fingerprint density at radius 1 is 1.12 bits per heavy atom. The lowest BCUT2D eigenvalue weighted by atomic mass is 9.89. The van der Waals surface area contributed by atoms with Crippen LogP contribution in [0, 0.1) is 5.41 Å². The molecule has 0 atom stereocenters. The van der Waals surface area contributed by atoms with Gasteiger partial charge in [0.1, 0.15) is 11.6 Å². The molecular formula is C19H19N3O3. The van der Waals surface area contributed by atoms with Crippen LogP contribution >= 0.6 is 0 Å². The highest BCUT2D eigenvalue weighted by molar-refractivity contribution is 6.05. The van der Waals surface area contributed by atoms with E-state index in [0.717, 1.165) is 10.9 Å². The first-order valence-electron chi connectivity index (χ1n) is 7.88. The second-order valence-electron chi connectivity index (χ2n) is 6.92. The molecule has 1 aromatic carbocycles. The molecule has 1 amide bonds. The van der Waals surface area contributed by atoms with Crippen LogP contribution in [0.15, 0.2) is 42.6 Å². The highest BCUT2D eigenvalue weighted by Crippen LogP contribution is 2.24. The number of hydrogen-bond acceptors (Lipinski definition) is 4. The summed E-state index contributed by atoms with van der Waals surface area (Å²) >= 11 is 0. The van der Waals surface area contributed by atoms with Gasteiger partial charge in [-0.2, -0.15) is 0 Å². The number of phenolic OH excluding ortho intramolecular Hbond substituents is 1. The molecule has 0 bridgehead atoms. The first-order valence-corrected chi connectivity index (χ1v) is 7.88. The minimum absolute atomic E-state index is 0.0124. The predicted octanol–water partition coefficient (Wildman–Crippen LogP) is 3.75. The number of nitrogens with zero attached hydrogens (tertiary/aromatic N) is 1. The molecule has 0 saturated carbocycles. The van der Waals surface area contributed by atoms with Crippen molar-refractivity contribution in [1.82, 2.24) is 9.97 Å². The minimum atomic E-state index is -0.482. The molecule has 128 valence electrons. The van der Waals surface area contributed by atoms with Crippen molar-refractivity contribution in [1.29, 1.82) is 0 Å². The van der Waals surface area contributed by atoms with Gasteiger partial charge in [-0.15, -0.1) is 0 Å². The molecule has 3 rings (SSSR count). The zero-order chi connectivity index (χ0) is 18.2. The molecule has 3 N–H and O–H groups in total. The van der Waals surface area contributed by atoms with Crippen LogP contribution in [-0.2, 0) is 0 Å². The molecule has 0 spiro atoms. The highest BCUT2D eigenvalue weighted by atomic mass is 16.3. The Bertz CT molecular complexity index is 950. The number of hydrogen-bond donors (Lipinski definition) is 3. The lowest BCUT2D eigenvalue weighted by Gasteiger charge is -2.14. The highest BCUT2D eigenvalue weighted by Gasteiger charge is 2.24. The van der Waals surface area contributed by atoms with Crippen molar-refractivity contribution in [2.45, 2.75) is 20.8 Å². The maximum atomic E-state index is 12.4. The van der Waals surface area contributed by atoms with Crippen molar-refractivity contribution in [3.8, 4) is 5.75 Å². The van der Waals surface area contributed by atoms with Crippen molar-refractivity contribution < 1.29 is 14.7 Å². The predicted molar refractivity (Wildman–Crippen MR) is 95.9 cm³/mol. The van der Waals surface area contributed by atoms with Gasteiger partial charge in [0.05, 0.1) is 17.4 Å². The van der Waals surface area contributed by atoms with Crippen LogP contribution in [0.5, 0.6) is 5.75 Å². The monoisotopic (exact) mass is 337 g/mol. The minimum Gasteiger partial charge on any atom is -0.508 e. The zero-order valence-electron chi connectivity index (χ0n) is 14.3.